The second kappa shape index (κ2) is 4.67. The van der Waals surface area contributed by atoms with Crippen LogP contribution in [0.5, 0.6) is 17.2 Å². The Morgan fingerprint density at radius 2 is 1.10 bits per heavy atom. The van der Waals surface area contributed by atoms with Gasteiger partial charge in [-0.25, -0.2) is 0 Å². The van der Waals surface area contributed by atoms with Gasteiger partial charge in [-0.15, -0.1) is 0 Å². The molecule has 0 unspecified atom stereocenters. The predicted molar refractivity (Wildman–Crippen MR) is 82.0 cm³/mol. The van der Waals surface area contributed by atoms with E-state index in [1.165, 1.54) is 0 Å². The highest BCUT2D eigenvalue weighted by molar-refractivity contribution is 5.59. The molecule has 0 radical (unpaired) electrons. The minimum Gasteiger partial charge on any atom is -0.508 e. The molecule has 1 aliphatic heterocycles. The first kappa shape index (κ1) is 12.0. The van der Waals surface area contributed by atoms with Crippen LogP contribution in [-0.4, -0.2) is 5.11 Å². The third-order valence-corrected chi connectivity index (χ3v) is 3.93. The third kappa shape index (κ3) is 1.88. The van der Waals surface area contributed by atoms with Crippen molar-refractivity contribution in [2.45, 2.75) is 5.92 Å². The lowest BCUT2D eigenvalue weighted by Gasteiger charge is -2.28. The Morgan fingerprint density at radius 3 is 1.67 bits per heavy atom. The number of rotatable bonds is 1. The van der Waals surface area contributed by atoms with Crippen LogP contribution in [0.3, 0.4) is 0 Å². The molecule has 0 saturated carbocycles. The summed E-state index contributed by atoms with van der Waals surface area (Å²) in [6.45, 7) is 0. The molecule has 2 nitrogen and oxygen atoms in total. The topological polar surface area (TPSA) is 29.5 Å². The van der Waals surface area contributed by atoms with E-state index in [1.54, 1.807) is 6.07 Å². The molecule has 0 saturated heterocycles. The fourth-order valence-electron chi connectivity index (χ4n) is 2.98. The lowest BCUT2D eigenvalue weighted by Crippen LogP contribution is -2.11. The lowest BCUT2D eigenvalue weighted by atomic mass is 9.82. The molecular weight excluding hydrogens is 260 g/mol. The van der Waals surface area contributed by atoms with Crippen molar-refractivity contribution >= 4 is 0 Å². The van der Waals surface area contributed by atoms with Crippen molar-refractivity contribution in [2.75, 3.05) is 0 Å². The van der Waals surface area contributed by atoms with Crippen LogP contribution in [0.1, 0.15) is 22.6 Å². The Kier molecular flexibility index (Phi) is 2.68. The van der Waals surface area contributed by atoms with Crippen molar-refractivity contribution in [3.63, 3.8) is 0 Å². The summed E-state index contributed by atoms with van der Waals surface area (Å²) in [7, 11) is 0. The summed E-state index contributed by atoms with van der Waals surface area (Å²) in [5.74, 6) is 2.01. The normalized spacial score (nSPS) is 13.1. The molecule has 1 aliphatic rings. The van der Waals surface area contributed by atoms with Crippen molar-refractivity contribution in [3.8, 4) is 17.2 Å². The number of hydrogen-bond donors (Lipinski definition) is 1. The maximum Gasteiger partial charge on any atom is 0.131 e. The SMILES string of the molecule is Oc1ccccc1C1c2ccccc2Oc2ccccc21. The first-order valence-electron chi connectivity index (χ1n) is 6.98. The smallest absolute Gasteiger partial charge is 0.131 e. The van der Waals surface area contributed by atoms with Gasteiger partial charge in [-0.2, -0.15) is 0 Å². The number of phenolic OH excluding ortho intramolecular Hbond substituents is 1. The molecule has 0 fully saturated rings. The van der Waals surface area contributed by atoms with Crippen LogP contribution in [0, 0.1) is 0 Å². The molecule has 1 heterocycles. The van der Waals surface area contributed by atoms with Gasteiger partial charge < -0.3 is 9.84 Å². The van der Waals surface area contributed by atoms with E-state index in [1.807, 2.05) is 54.6 Å². The average molecular weight is 274 g/mol. The van der Waals surface area contributed by atoms with Gasteiger partial charge in [-0.05, 0) is 18.2 Å². The highest BCUT2D eigenvalue weighted by Gasteiger charge is 2.29. The van der Waals surface area contributed by atoms with Crippen LogP contribution in [0.25, 0.3) is 0 Å². The summed E-state index contributed by atoms with van der Waals surface area (Å²) in [4.78, 5) is 0. The van der Waals surface area contributed by atoms with E-state index in [-0.39, 0.29) is 5.92 Å². The Bertz CT molecular complexity index is 747. The number of phenols is 1. The zero-order chi connectivity index (χ0) is 14.2. The molecule has 4 rings (SSSR count). The summed E-state index contributed by atoms with van der Waals surface area (Å²) in [5.41, 5.74) is 3.07. The van der Waals surface area contributed by atoms with Crippen molar-refractivity contribution in [3.05, 3.63) is 89.5 Å². The van der Waals surface area contributed by atoms with E-state index >= 15 is 0 Å². The van der Waals surface area contributed by atoms with E-state index in [4.69, 9.17) is 4.74 Å². The molecule has 21 heavy (non-hydrogen) atoms. The highest BCUT2D eigenvalue weighted by atomic mass is 16.5. The second-order valence-corrected chi connectivity index (χ2v) is 5.17. The van der Waals surface area contributed by atoms with Crippen molar-refractivity contribution < 1.29 is 9.84 Å². The molecule has 0 atom stereocenters. The van der Waals surface area contributed by atoms with E-state index in [0.717, 1.165) is 28.2 Å². The van der Waals surface area contributed by atoms with Crippen molar-refractivity contribution in [2.24, 2.45) is 0 Å². The molecule has 0 aliphatic carbocycles. The van der Waals surface area contributed by atoms with Gasteiger partial charge in [0.2, 0.25) is 0 Å². The maximum atomic E-state index is 10.3. The molecule has 1 N–H and O–H groups in total. The van der Waals surface area contributed by atoms with Gasteiger partial charge in [0, 0.05) is 22.6 Å². The van der Waals surface area contributed by atoms with Gasteiger partial charge in [0.15, 0.2) is 0 Å². The molecule has 0 aromatic heterocycles. The minimum atomic E-state index is -0.00708. The van der Waals surface area contributed by atoms with Crippen molar-refractivity contribution in [1.29, 1.82) is 0 Å². The van der Waals surface area contributed by atoms with Crippen LogP contribution in [0.4, 0.5) is 0 Å². The molecule has 102 valence electrons. The fraction of sp³-hybridized carbons (Fsp3) is 0.0526. The summed E-state index contributed by atoms with van der Waals surface area (Å²) in [5, 5.41) is 10.3. The van der Waals surface area contributed by atoms with Gasteiger partial charge in [-0.1, -0.05) is 54.6 Å². The number of aromatic hydroxyl groups is 1. The first-order valence-corrected chi connectivity index (χ1v) is 6.98. The molecule has 0 bridgehead atoms. The lowest BCUT2D eigenvalue weighted by molar-refractivity contribution is 0.443. The zero-order valence-electron chi connectivity index (χ0n) is 11.4. The third-order valence-electron chi connectivity index (χ3n) is 3.93. The van der Waals surface area contributed by atoms with E-state index in [2.05, 4.69) is 12.1 Å². The van der Waals surface area contributed by atoms with Gasteiger partial charge in [0.25, 0.3) is 0 Å². The number of ether oxygens (including phenoxy) is 1. The van der Waals surface area contributed by atoms with Gasteiger partial charge in [0.05, 0.1) is 0 Å². The van der Waals surface area contributed by atoms with Gasteiger partial charge in [0.1, 0.15) is 17.2 Å². The number of benzene rings is 3. The monoisotopic (exact) mass is 274 g/mol. The molecule has 2 heteroatoms. The Hall–Kier alpha value is -2.74. The highest BCUT2D eigenvalue weighted by Crippen LogP contribution is 2.48. The molecule has 3 aromatic rings. The average Bonchev–Trinajstić information content (AvgIpc) is 2.53. The maximum absolute atomic E-state index is 10.3. The van der Waals surface area contributed by atoms with Crippen LogP contribution in [0.2, 0.25) is 0 Å². The van der Waals surface area contributed by atoms with Gasteiger partial charge in [-0.3, -0.25) is 0 Å². The summed E-state index contributed by atoms with van der Waals surface area (Å²) in [6.07, 6.45) is 0. The molecule has 0 amide bonds. The van der Waals surface area contributed by atoms with Crippen LogP contribution >= 0.6 is 0 Å². The number of hydrogen-bond acceptors (Lipinski definition) is 2. The van der Waals surface area contributed by atoms with E-state index < -0.39 is 0 Å². The molecular formula is C19H14O2. The Labute approximate surface area is 123 Å². The summed E-state index contributed by atoms with van der Waals surface area (Å²) >= 11 is 0. The van der Waals surface area contributed by atoms with Crippen LogP contribution in [-0.2, 0) is 0 Å². The number of para-hydroxylation sites is 3. The molecule has 3 aromatic carbocycles. The van der Waals surface area contributed by atoms with Crippen molar-refractivity contribution in [1.82, 2.24) is 0 Å². The number of fused-ring (bicyclic) bond motifs is 2. The fourth-order valence-corrected chi connectivity index (χ4v) is 2.98. The van der Waals surface area contributed by atoms with E-state index in [0.29, 0.717) is 5.75 Å². The summed E-state index contributed by atoms with van der Waals surface area (Å²) in [6, 6.07) is 23.5. The zero-order valence-corrected chi connectivity index (χ0v) is 11.4. The molecule has 0 spiro atoms. The Balaban J connectivity index is 2.00. The summed E-state index contributed by atoms with van der Waals surface area (Å²) < 4.78 is 5.99. The standard InChI is InChI=1S/C19H14O2/c20-16-10-4-1-7-13(16)19-14-8-2-5-11-17(14)21-18-12-6-3-9-15(18)19/h1-12,19-20H. The predicted octanol–water partition coefficient (Wildman–Crippen LogP) is 4.68. The second-order valence-electron chi connectivity index (χ2n) is 5.17. The van der Waals surface area contributed by atoms with Crippen LogP contribution in [0.15, 0.2) is 72.8 Å². The quantitative estimate of drug-likeness (QED) is 0.546. The van der Waals surface area contributed by atoms with Crippen LogP contribution < -0.4 is 4.74 Å². The largest absolute Gasteiger partial charge is 0.508 e. The van der Waals surface area contributed by atoms with E-state index in [9.17, 15) is 5.11 Å². The first-order chi connectivity index (χ1) is 10.3. The Morgan fingerprint density at radius 1 is 0.619 bits per heavy atom. The van der Waals surface area contributed by atoms with Gasteiger partial charge >= 0.3 is 0 Å². The minimum absolute atomic E-state index is 0.00708.